The largest absolute Gasteiger partial charge is 0.396 e. The molecule has 0 aromatic rings. The van der Waals surface area contributed by atoms with Gasteiger partial charge in [0.05, 0.1) is 0 Å². The minimum absolute atomic E-state index is 0.375. The molecule has 0 aromatic heterocycles. The van der Waals surface area contributed by atoms with Crippen molar-refractivity contribution in [1.82, 2.24) is 0 Å². The third kappa shape index (κ3) is 36.0. The average molecular weight is 537 g/mol. The highest BCUT2D eigenvalue weighted by Crippen LogP contribution is 2.17. The Bertz CT molecular complexity index is 343. The molecule has 0 amide bonds. The second-order valence-electron chi connectivity index (χ2n) is 12.7. The summed E-state index contributed by atoms with van der Waals surface area (Å²) in [6, 6.07) is 0. The lowest BCUT2D eigenvalue weighted by Crippen LogP contribution is -1.85. The molecule has 0 saturated heterocycles. The summed E-state index contributed by atoms with van der Waals surface area (Å²) in [4.78, 5) is 0. The zero-order valence-electron chi connectivity index (χ0n) is 26.9. The molecule has 0 radical (unpaired) electrons. The zero-order chi connectivity index (χ0) is 27.5. The van der Waals surface area contributed by atoms with Crippen LogP contribution >= 0.6 is 0 Å². The summed E-state index contributed by atoms with van der Waals surface area (Å²) in [5.74, 6) is 0. The van der Waals surface area contributed by atoms with E-state index in [4.69, 9.17) is 5.11 Å². The van der Waals surface area contributed by atoms with Gasteiger partial charge in [0.1, 0.15) is 0 Å². The van der Waals surface area contributed by atoms with Crippen LogP contribution in [0.2, 0.25) is 0 Å². The van der Waals surface area contributed by atoms with Crippen molar-refractivity contribution in [2.75, 3.05) is 6.61 Å². The number of aliphatic hydroxyl groups excluding tert-OH is 1. The van der Waals surface area contributed by atoms with Crippen LogP contribution in [0.3, 0.4) is 0 Å². The topological polar surface area (TPSA) is 20.2 Å². The van der Waals surface area contributed by atoms with Crippen LogP contribution in [-0.4, -0.2) is 11.7 Å². The van der Waals surface area contributed by atoms with Crippen LogP contribution < -0.4 is 0 Å². The molecule has 0 aromatic carbocycles. The van der Waals surface area contributed by atoms with Crippen molar-refractivity contribution in [1.29, 1.82) is 0 Å². The van der Waals surface area contributed by atoms with Gasteiger partial charge in [0.2, 0.25) is 0 Å². The molecule has 0 aliphatic carbocycles. The second-order valence-corrected chi connectivity index (χ2v) is 12.7. The molecule has 0 bridgehead atoms. The highest BCUT2D eigenvalue weighted by molar-refractivity contribution is 4.53. The van der Waals surface area contributed by atoms with Gasteiger partial charge in [-0.15, -0.1) is 0 Å². The van der Waals surface area contributed by atoms with Gasteiger partial charge in [0.25, 0.3) is 0 Å². The minimum Gasteiger partial charge on any atom is -0.396 e. The molecular weight excluding hydrogens is 460 g/mol. The lowest BCUT2D eigenvalue weighted by Gasteiger charge is -2.05. The van der Waals surface area contributed by atoms with E-state index in [1.54, 1.807) is 0 Å². The van der Waals surface area contributed by atoms with E-state index in [1.807, 2.05) is 0 Å². The van der Waals surface area contributed by atoms with Crippen molar-refractivity contribution in [2.45, 2.75) is 232 Å². The molecule has 0 unspecified atom stereocenters. The molecule has 0 rings (SSSR count). The van der Waals surface area contributed by atoms with Crippen LogP contribution in [0.5, 0.6) is 0 Å². The maximum Gasteiger partial charge on any atom is 0.0431 e. The standard InChI is InChI=1S/C37H76O/c1-2-3-4-5-6-7-8-9-10-11-12-13-14-15-16-17-18-19-20-21-22-23-24-25-26-27-28-29-30-31-32-33-34-35-36-37-38/h38H,2-37H2,1H3. The summed E-state index contributed by atoms with van der Waals surface area (Å²) < 4.78 is 0. The van der Waals surface area contributed by atoms with Gasteiger partial charge in [-0.25, -0.2) is 0 Å². The first kappa shape index (κ1) is 38.0. The zero-order valence-corrected chi connectivity index (χ0v) is 26.9. The van der Waals surface area contributed by atoms with Gasteiger partial charge in [-0.3, -0.25) is 0 Å². The molecule has 0 fully saturated rings. The van der Waals surface area contributed by atoms with Gasteiger partial charge in [-0.2, -0.15) is 0 Å². The van der Waals surface area contributed by atoms with Crippen LogP contribution in [-0.2, 0) is 0 Å². The van der Waals surface area contributed by atoms with E-state index in [1.165, 1.54) is 218 Å². The van der Waals surface area contributed by atoms with Gasteiger partial charge in [0, 0.05) is 6.61 Å². The van der Waals surface area contributed by atoms with Crippen molar-refractivity contribution in [3.8, 4) is 0 Å². The fourth-order valence-electron chi connectivity index (χ4n) is 6.02. The van der Waals surface area contributed by atoms with E-state index in [0.29, 0.717) is 6.61 Å². The van der Waals surface area contributed by atoms with Crippen molar-refractivity contribution >= 4 is 0 Å². The second kappa shape index (κ2) is 37.0. The molecular formula is C37H76O. The molecule has 0 spiro atoms. The minimum atomic E-state index is 0.375. The molecule has 0 aliphatic rings. The molecule has 0 aliphatic heterocycles. The number of hydrogen-bond acceptors (Lipinski definition) is 1. The third-order valence-corrected chi connectivity index (χ3v) is 8.76. The summed E-state index contributed by atoms with van der Waals surface area (Å²) in [6.07, 6.45) is 50.5. The van der Waals surface area contributed by atoms with Gasteiger partial charge in [-0.1, -0.05) is 225 Å². The number of aliphatic hydroxyl groups is 1. The Morgan fingerprint density at radius 1 is 0.211 bits per heavy atom. The first-order valence-corrected chi connectivity index (χ1v) is 18.5. The predicted molar refractivity (Wildman–Crippen MR) is 174 cm³/mol. The number of unbranched alkanes of at least 4 members (excludes halogenated alkanes) is 34. The fourth-order valence-corrected chi connectivity index (χ4v) is 6.02. The van der Waals surface area contributed by atoms with E-state index in [-0.39, 0.29) is 0 Å². The van der Waals surface area contributed by atoms with E-state index < -0.39 is 0 Å². The van der Waals surface area contributed by atoms with Crippen LogP contribution in [0.4, 0.5) is 0 Å². The summed E-state index contributed by atoms with van der Waals surface area (Å²) in [6.45, 7) is 2.68. The molecule has 1 heteroatoms. The van der Waals surface area contributed by atoms with E-state index in [2.05, 4.69) is 6.92 Å². The highest BCUT2D eigenvalue weighted by atomic mass is 16.2. The Kier molecular flexibility index (Phi) is 36.9. The molecule has 0 heterocycles. The molecule has 1 nitrogen and oxygen atoms in total. The maximum absolute atomic E-state index is 8.78. The molecule has 0 atom stereocenters. The van der Waals surface area contributed by atoms with Crippen LogP contribution in [0.1, 0.15) is 232 Å². The molecule has 1 N–H and O–H groups in total. The van der Waals surface area contributed by atoms with Gasteiger partial charge < -0.3 is 5.11 Å². The number of rotatable bonds is 35. The third-order valence-electron chi connectivity index (χ3n) is 8.76. The summed E-state index contributed by atoms with van der Waals surface area (Å²) in [7, 11) is 0. The van der Waals surface area contributed by atoms with Crippen molar-refractivity contribution in [3.05, 3.63) is 0 Å². The Labute approximate surface area is 243 Å². The quantitative estimate of drug-likeness (QED) is 0.0798. The number of hydrogen-bond donors (Lipinski definition) is 1. The van der Waals surface area contributed by atoms with Gasteiger partial charge in [-0.05, 0) is 6.42 Å². The van der Waals surface area contributed by atoms with E-state index >= 15 is 0 Å². The summed E-state index contributed by atoms with van der Waals surface area (Å²) >= 11 is 0. The van der Waals surface area contributed by atoms with E-state index in [9.17, 15) is 0 Å². The first-order chi connectivity index (χ1) is 18.9. The Hall–Kier alpha value is -0.0400. The Morgan fingerprint density at radius 2 is 0.342 bits per heavy atom. The van der Waals surface area contributed by atoms with Crippen molar-refractivity contribution in [2.24, 2.45) is 0 Å². The normalized spacial score (nSPS) is 11.5. The lowest BCUT2D eigenvalue weighted by atomic mass is 10.0. The van der Waals surface area contributed by atoms with Crippen LogP contribution in [0.15, 0.2) is 0 Å². The molecule has 38 heavy (non-hydrogen) atoms. The Balaban J connectivity index is 3.01. The lowest BCUT2D eigenvalue weighted by molar-refractivity contribution is 0.282. The smallest absolute Gasteiger partial charge is 0.0431 e. The summed E-state index contributed by atoms with van der Waals surface area (Å²) in [5.41, 5.74) is 0. The van der Waals surface area contributed by atoms with Crippen LogP contribution in [0.25, 0.3) is 0 Å². The van der Waals surface area contributed by atoms with Crippen molar-refractivity contribution in [3.63, 3.8) is 0 Å². The SMILES string of the molecule is CCCCCCCCCCCCCCCCCCCCCCCCCCCCCCCCCCCCCO. The monoisotopic (exact) mass is 537 g/mol. The van der Waals surface area contributed by atoms with Gasteiger partial charge in [0.15, 0.2) is 0 Å². The first-order valence-electron chi connectivity index (χ1n) is 18.5. The molecule has 0 saturated carbocycles. The summed E-state index contributed by atoms with van der Waals surface area (Å²) in [5, 5.41) is 8.78. The van der Waals surface area contributed by atoms with Crippen LogP contribution in [0, 0.1) is 0 Å². The highest BCUT2D eigenvalue weighted by Gasteiger charge is 1.97. The maximum atomic E-state index is 8.78. The van der Waals surface area contributed by atoms with Gasteiger partial charge >= 0.3 is 0 Å². The predicted octanol–water partition coefficient (Wildman–Crippen LogP) is 13.7. The average Bonchev–Trinajstić information content (AvgIpc) is 2.93. The fraction of sp³-hybridized carbons (Fsp3) is 1.00. The van der Waals surface area contributed by atoms with E-state index in [0.717, 1.165) is 6.42 Å². The Morgan fingerprint density at radius 3 is 0.474 bits per heavy atom. The van der Waals surface area contributed by atoms with Crippen molar-refractivity contribution < 1.29 is 5.11 Å². The molecule has 230 valence electrons.